The molecule has 2 rings (SSSR count). The number of nitrogens with zero attached hydrogens (tertiary/aromatic N) is 3. The van der Waals surface area contributed by atoms with Crippen LogP contribution in [0.15, 0.2) is 4.99 Å². The van der Waals surface area contributed by atoms with E-state index in [1.165, 1.54) is 64.6 Å². The number of unbranched alkanes of at least 4 members (excludes halogenated alkanes) is 1. The Hall–Kier alpha value is -0.0800. The molecule has 1 aliphatic carbocycles. The van der Waals surface area contributed by atoms with Crippen LogP contribution in [0.5, 0.6) is 0 Å². The topological polar surface area (TPSA) is 42.9 Å². The number of guanidine groups is 1. The molecule has 0 aromatic rings. The number of hydrogen-bond donors (Lipinski definition) is 2. The van der Waals surface area contributed by atoms with E-state index in [0.29, 0.717) is 12.1 Å². The van der Waals surface area contributed by atoms with Crippen LogP contribution in [0.25, 0.3) is 0 Å². The van der Waals surface area contributed by atoms with Gasteiger partial charge in [0.15, 0.2) is 5.96 Å². The minimum absolute atomic E-state index is 0. The number of rotatable bonds is 8. The molecule has 0 aromatic carbocycles. The van der Waals surface area contributed by atoms with Gasteiger partial charge in [-0.3, -0.25) is 9.89 Å². The molecule has 1 saturated heterocycles. The smallest absolute Gasteiger partial charge is 0.191 e. The summed E-state index contributed by atoms with van der Waals surface area (Å²) in [7, 11) is 4.08. The van der Waals surface area contributed by atoms with E-state index in [0.717, 1.165) is 18.5 Å². The van der Waals surface area contributed by atoms with Crippen molar-refractivity contribution in [1.29, 1.82) is 0 Å². The summed E-state index contributed by atoms with van der Waals surface area (Å²) in [5.41, 5.74) is 0. The molecule has 2 fully saturated rings. The first-order valence-corrected chi connectivity index (χ1v) is 10.0. The lowest BCUT2D eigenvalue weighted by molar-refractivity contribution is 0.242. The third kappa shape index (κ3) is 7.99. The van der Waals surface area contributed by atoms with Crippen molar-refractivity contribution >= 4 is 29.9 Å². The molecular formula is C19H40IN5. The zero-order chi connectivity index (χ0) is 17.4. The van der Waals surface area contributed by atoms with Crippen molar-refractivity contribution in [3.05, 3.63) is 0 Å². The molecule has 1 heterocycles. The maximum atomic E-state index is 4.40. The lowest BCUT2D eigenvalue weighted by Crippen LogP contribution is -2.45. The van der Waals surface area contributed by atoms with Gasteiger partial charge in [-0.1, -0.05) is 12.8 Å². The van der Waals surface area contributed by atoms with Crippen LogP contribution in [0.3, 0.4) is 0 Å². The molecule has 0 aromatic heterocycles. The van der Waals surface area contributed by atoms with Gasteiger partial charge in [-0.2, -0.15) is 0 Å². The van der Waals surface area contributed by atoms with Gasteiger partial charge in [0.25, 0.3) is 0 Å². The monoisotopic (exact) mass is 465 g/mol. The van der Waals surface area contributed by atoms with Crippen molar-refractivity contribution in [2.75, 3.05) is 40.3 Å². The fourth-order valence-corrected chi connectivity index (χ4v) is 3.85. The minimum Gasteiger partial charge on any atom is -0.356 e. The Kier molecular flexibility index (Phi) is 11.3. The molecule has 0 spiro atoms. The molecule has 6 heteroatoms. The summed E-state index contributed by atoms with van der Waals surface area (Å²) in [6, 6.07) is 2.05. The van der Waals surface area contributed by atoms with E-state index < -0.39 is 0 Å². The first-order valence-electron chi connectivity index (χ1n) is 10.0. The van der Waals surface area contributed by atoms with Gasteiger partial charge < -0.3 is 15.5 Å². The van der Waals surface area contributed by atoms with E-state index >= 15 is 0 Å². The SMILES string of the molecule is CN=C(NCCCCN(C)C(C)C)NC1CCN(C2CCCC2)C1.I. The average Bonchev–Trinajstić information content (AvgIpc) is 3.24. The van der Waals surface area contributed by atoms with Gasteiger partial charge in [0.2, 0.25) is 0 Å². The third-order valence-electron chi connectivity index (χ3n) is 5.74. The van der Waals surface area contributed by atoms with E-state index in [4.69, 9.17) is 0 Å². The third-order valence-corrected chi connectivity index (χ3v) is 5.74. The molecule has 0 radical (unpaired) electrons. The number of aliphatic imine (C=N–C) groups is 1. The molecule has 1 saturated carbocycles. The van der Waals surface area contributed by atoms with E-state index in [1.54, 1.807) is 0 Å². The molecule has 2 N–H and O–H groups in total. The van der Waals surface area contributed by atoms with Crippen molar-refractivity contribution in [1.82, 2.24) is 20.4 Å². The van der Waals surface area contributed by atoms with Crippen LogP contribution in [-0.4, -0.2) is 74.2 Å². The second-order valence-electron chi connectivity index (χ2n) is 7.84. The van der Waals surface area contributed by atoms with Gasteiger partial charge in [0, 0.05) is 44.8 Å². The minimum atomic E-state index is 0. The highest BCUT2D eigenvalue weighted by atomic mass is 127. The van der Waals surface area contributed by atoms with Crippen LogP contribution in [0.4, 0.5) is 0 Å². The average molecular weight is 465 g/mol. The molecule has 1 unspecified atom stereocenters. The van der Waals surface area contributed by atoms with Crippen molar-refractivity contribution in [3.8, 4) is 0 Å². The van der Waals surface area contributed by atoms with Gasteiger partial charge in [-0.05, 0) is 59.5 Å². The maximum Gasteiger partial charge on any atom is 0.191 e. The second kappa shape index (κ2) is 12.3. The lowest BCUT2D eigenvalue weighted by atomic mass is 10.2. The number of likely N-dealkylation sites (tertiary alicyclic amines) is 1. The Bertz CT molecular complexity index is 382. The van der Waals surface area contributed by atoms with Gasteiger partial charge >= 0.3 is 0 Å². The van der Waals surface area contributed by atoms with E-state index in [1.807, 2.05) is 7.05 Å². The summed E-state index contributed by atoms with van der Waals surface area (Å²) in [6.45, 7) is 9.11. The largest absolute Gasteiger partial charge is 0.356 e. The molecular weight excluding hydrogens is 425 g/mol. The zero-order valence-electron chi connectivity index (χ0n) is 16.8. The summed E-state index contributed by atoms with van der Waals surface area (Å²) in [4.78, 5) is 9.50. The molecule has 5 nitrogen and oxygen atoms in total. The molecule has 0 bridgehead atoms. The Labute approximate surface area is 172 Å². The highest BCUT2D eigenvalue weighted by Crippen LogP contribution is 2.26. The van der Waals surface area contributed by atoms with E-state index in [2.05, 4.69) is 46.3 Å². The van der Waals surface area contributed by atoms with Crippen LogP contribution >= 0.6 is 24.0 Å². The van der Waals surface area contributed by atoms with Gasteiger partial charge in [-0.25, -0.2) is 0 Å². The molecule has 2 aliphatic rings. The van der Waals surface area contributed by atoms with E-state index in [9.17, 15) is 0 Å². The van der Waals surface area contributed by atoms with Crippen LogP contribution in [-0.2, 0) is 0 Å². The lowest BCUT2D eigenvalue weighted by Gasteiger charge is -2.24. The first kappa shape index (κ1) is 23.0. The summed E-state index contributed by atoms with van der Waals surface area (Å²) in [6.07, 6.45) is 9.34. The highest BCUT2D eigenvalue weighted by Gasteiger charge is 2.30. The van der Waals surface area contributed by atoms with Gasteiger partial charge in [0.1, 0.15) is 0 Å². The fraction of sp³-hybridized carbons (Fsp3) is 0.947. The Morgan fingerprint density at radius 1 is 1.20 bits per heavy atom. The summed E-state index contributed by atoms with van der Waals surface area (Å²) >= 11 is 0. The predicted molar refractivity (Wildman–Crippen MR) is 119 cm³/mol. The Morgan fingerprint density at radius 3 is 2.56 bits per heavy atom. The van der Waals surface area contributed by atoms with Crippen LogP contribution in [0.1, 0.15) is 58.8 Å². The standard InChI is InChI=1S/C19H39N5.HI/c1-16(2)23(4)13-8-7-12-21-19(20-3)22-17-11-14-24(15-17)18-9-5-6-10-18;/h16-18H,5-15H2,1-4H3,(H2,20,21,22);1H. The number of hydrogen-bond acceptors (Lipinski definition) is 3. The molecule has 1 aliphatic heterocycles. The number of nitrogens with one attached hydrogen (secondary N) is 2. The quantitative estimate of drug-likeness (QED) is 0.251. The predicted octanol–water partition coefficient (Wildman–Crippen LogP) is 2.91. The first-order chi connectivity index (χ1) is 11.6. The van der Waals surface area contributed by atoms with Gasteiger partial charge in [0.05, 0.1) is 0 Å². The normalized spacial score (nSPS) is 22.6. The summed E-state index contributed by atoms with van der Waals surface area (Å²) in [5.74, 6) is 0.977. The van der Waals surface area contributed by atoms with Crippen LogP contribution in [0, 0.1) is 0 Å². The summed E-state index contributed by atoms with van der Waals surface area (Å²) in [5, 5.41) is 7.11. The zero-order valence-corrected chi connectivity index (χ0v) is 19.1. The Balaban J connectivity index is 0.00000312. The van der Waals surface area contributed by atoms with E-state index in [-0.39, 0.29) is 24.0 Å². The maximum absolute atomic E-state index is 4.40. The van der Waals surface area contributed by atoms with Crippen molar-refractivity contribution in [3.63, 3.8) is 0 Å². The van der Waals surface area contributed by atoms with Crippen molar-refractivity contribution < 1.29 is 0 Å². The Morgan fingerprint density at radius 2 is 1.92 bits per heavy atom. The molecule has 25 heavy (non-hydrogen) atoms. The number of halogens is 1. The van der Waals surface area contributed by atoms with Crippen LogP contribution < -0.4 is 10.6 Å². The molecule has 0 amide bonds. The molecule has 1 atom stereocenters. The van der Waals surface area contributed by atoms with Gasteiger partial charge in [-0.15, -0.1) is 24.0 Å². The highest BCUT2D eigenvalue weighted by molar-refractivity contribution is 14.0. The van der Waals surface area contributed by atoms with Crippen molar-refractivity contribution in [2.24, 2.45) is 4.99 Å². The molecule has 148 valence electrons. The van der Waals surface area contributed by atoms with Crippen molar-refractivity contribution in [2.45, 2.75) is 76.9 Å². The second-order valence-corrected chi connectivity index (χ2v) is 7.84. The fourth-order valence-electron chi connectivity index (χ4n) is 3.85. The van der Waals surface area contributed by atoms with Crippen LogP contribution in [0.2, 0.25) is 0 Å². The summed E-state index contributed by atoms with van der Waals surface area (Å²) < 4.78 is 0.